The number of nitrogens with one attached hydrogen (secondary N) is 2. The average Bonchev–Trinajstić information content (AvgIpc) is 3.02. The third-order valence-electron chi connectivity index (χ3n) is 4.93. The number of hydrogen-bond acceptors (Lipinski definition) is 5. The zero-order valence-electron chi connectivity index (χ0n) is 20.0. The molecule has 0 aromatic heterocycles. The molecule has 0 saturated heterocycles. The van der Waals surface area contributed by atoms with Gasteiger partial charge in [0.2, 0.25) is 0 Å². The van der Waals surface area contributed by atoms with Gasteiger partial charge in [-0.25, -0.2) is 0 Å². The van der Waals surface area contributed by atoms with Gasteiger partial charge in [-0.2, -0.15) is 0 Å². The zero-order valence-corrected chi connectivity index (χ0v) is 21.6. The van der Waals surface area contributed by atoms with Gasteiger partial charge in [-0.15, -0.1) is 0 Å². The molecule has 184 valence electrons. The van der Waals surface area contributed by atoms with Crippen LogP contribution in [0.15, 0.2) is 81.5 Å². The minimum atomic E-state index is -0.124. The van der Waals surface area contributed by atoms with E-state index in [2.05, 4.69) is 22.8 Å². The fraction of sp³-hybridized carbons (Fsp3) is 0.259. The van der Waals surface area contributed by atoms with Crippen LogP contribution in [0.2, 0.25) is 5.02 Å². The second kappa shape index (κ2) is 13.9. The van der Waals surface area contributed by atoms with Crippen LogP contribution in [0, 0.1) is 0 Å². The summed E-state index contributed by atoms with van der Waals surface area (Å²) in [6.07, 6.45) is 0. The minimum absolute atomic E-state index is 0.124. The zero-order chi connectivity index (χ0) is 25.0. The molecular weight excluding hydrogens is 480 g/mol. The molecule has 4 rings (SSSR count). The largest absolute Gasteiger partial charge is 0.380 e. The number of ether oxygens (including phenoxy) is 1. The van der Waals surface area contributed by atoms with Gasteiger partial charge >= 0.3 is 0 Å². The molecular formula is C27H31ClN4O2S. The van der Waals surface area contributed by atoms with Crippen LogP contribution in [0.1, 0.15) is 35.3 Å². The Morgan fingerprint density at radius 2 is 1.83 bits per heavy atom. The molecule has 0 bridgehead atoms. The van der Waals surface area contributed by atoms with E-state index >= 15 is 0 Å². The van der Waals surface area contributed by atoms with Crippen molar-refractivity contribution in [2.24, 2.45) is 10.7 Å². The Morgan fingerprint density at radius 3 is 2.57 bits per heavy atom. The summed E-state index contributed by atoms with van der Waals surface area (Å²) in [6, 6.07) is 21.6. The van der Waals surface area contributed by atoms with Crippen LogP contribution in [0.4, 0.5) is 5.69 Å². The molecule has 3 aromatic carbocycles. The molecule has 0 spiro atoms. The fourth-order valence-electron chi connectivity index (χ4n) is 3.29. The molecule has 0 fully saturated rings. The van der Waals surface area contributed by atoms with Gasteiger partial charge in [0.25, 0.3) is 5.91 Å². The number of carbonyl (C=O) groups is 1. The van der Waals surface area contributed by atoms with E-state index in [1.807, 2.05) is 68.4 Å². The monoisotopic (exact) mass is 510 g/mol. The summed E-state index contributed by atoms with van der Waals surface area (Å²) in [6.45, 7) is 6.71. The predicted molar refractivity (Wildman–Crippen MR) is 146 cm³/mol. The maximum atomic E-state index is 12.6. The molecule has 0 aliphatic carbocycles. The highest BCUT2D eigenvalue weighted by molar-refractivity contribution is 7.99. The first kappa shape index (κ1) is 26.8. The number of fused-ring (bicyclic) bond motifs is 2. The number of hydrogen-bond donors (Lipinski definition) is 3. The van der Waals surface area contributed by atoms with Crippen LogP contribution in [-0.2, 0) is 11.3 Å². The summed E-state index contributed by atoms with van der Waals surface area (Å²) >= 11 is 7.67. The highest BCUT2D eigenvalue weighted by atomic mass is 35.5. The normalized spacial score (nSPS) is 13.0. The molecule has 4 N–H and O–H groups in total. The van der Waals surface area contributed by atoms with Crippen molar-refractivity contribution in [2.45, 2.75) is 30.2 Å². The second-order valence-electron chi connectivity index (χ2n) is 7.59. The molecule has 0 radical (unpaired) electrons. The summed E-state index contributed by atoms with van der Waals surface area (Å²) in [4.78, 5) is 19.6. The van der Waals surface area contributed by atoms with Gasteiger partial charge in [0, 0.05) is 39.1 Å². The van der Waals surface area contributed by atoms with Gasteiger partial charge in [0.1, 0.15) is 5.84 Å². The Labute approximate surface area is 216 Å². The number of benzene rings is 3. The minimum Gasteiger partial charge on any atom is -0.380 e. The van der Waals surface area contributed by atoms with Crippen molar-refractivity contribution in [3.8, 4) is 0 Å². The van der Waals surface area contributed by atoms with Gasteiger partial charge in [-0.3, -0.25) is 9.79 Å². The molecule has 8 heteroatoms. The number of rotatable bonds is 7. The Hall–Kier alpha value is -2.84. The first-order chi connectivity index (χ1) is 17.0. The van der Waals surface area contributed by atoms with Gasteiger partial charge in [0.05, 0.1) is 18.8 Å². The number of carbonyl (C=O) groups excluding carboxylic acids is 1. The van der Waals surface area contributed by atoms with Crippen LogP contribution in [-0.4, -0.2) is 38.0 Å². The van der Waals surface area contributed by atoms with Crippen LogP contribution in [0.25, 0.3) is 0 Å². The molecule has 1 amide bonds. The van der Waals surface area contributed by atoms with Crippen molar-refractivity contribution in [2.75, 3.05) is 31.6 Å². The molecule has 0 saturated carbocycles. The van der Waals surface area contributed by atoms with Gasteiger partial charge in [0.15, 0.2) is 0 Å². The molecule has 3 aromatic rings. The summed E-state index contributed by atoms with van der Waals surface area (Å²) < 4.78 is 5.29. The molecule has 1 aliphatic heterocycles. The van der Waals surface area contributed by atoms with Crippen LogP contribution in [0.5, 0.6) is 0 Å². The van der Waals surface area contributed by atoms with E-state index in [4.69, 9.17) is 27.1 Å². The van der Waals surface area contributed by atoms with Crippen LogP contribution in [0.3, 0.4) is 0 Å². The predicted octanol–water partition coefficient (Wildman–Crippen LogP) is 5.59. The standard InChI is InChI=1S/C25H24ClN3O2S.C2H7N/c1-2-31-14-13-27-25(30)18-9-12-23-21(15-18)29-24(20-5-3-4-6-22(20)32-23)28-16-17-7-10-19(26)11-8-17;1-2-3/h3-12,15H,2,13-14,16H2,1H3,(H,27,30)(H,28,29);2-3H2,1H3. The van der Waals surface area contributed by atoms with E-state index in [-0.39, 0.29) is 5.91 Å². The molecule has 0 atom stereocenters. The van der Waals surface area contributed by atoms with Gasteiger partial charge < -0.3 is 21.1 Å². The summed E-state index contributed by atoms with van der Waals surface area (Å²) in [5, 5.41) is 7.07. The highest BCUT2D eigenvalue weighted by Gasteiger charge is 2.19. The highest BCUT2D eigenvalue weighted by Crippen LogP contribution is 2.39. The molecule has 1 heterocycles. The van der Waals surface area contributed by atoms with E-state index in [1.54, 1.807) is 11.8 Å². The number of nitrogens with two attached hydrogens (primary N) is 1. The van der Waals surface area contributed by atoms with Crippen molar-refractivity contribution >= 4 is 40.8 Å². The first-order valence-electron chi connectivity index (χ1n) is 11.6. The summed E-state index contributed by atoms with van der Waals surface area (Å²) in [5.41, 5.74) is 8.40. The van der Waals surface area contributed by atoms with Crippen molar-refractivity contribution in [1.82, 2.24) is 5.32 Å². The first-order valence-corrected chi connectivity index (χ1v) is 12.8. The number of anilines is 1. The topological polar surface area (TPSA) is 88.7 Å². The fourth-order valence-corrected chi connectivity index (χ4v) is 4.43. The summed E-state index contributed by atoms with van der Waals surface area (Å²) in [7, 11) is 0. The molecule has 6 nitrogen and oxygen atoms in total. The SMILES string of the molecule is CCN.CCOCCNC(=O)c1ccc2c(c1)NC(=NCc1ccc(Cl)cc1)c1ccccc1S2. The van der Waals surface area contributed by atoms with Gasteiger partial charge in [-0.05, 0) is 55.4 Å². The third-order valence-corrected chi connectivity index (χ3v) is 6.33. The third kappa shape index (κ3) is 7.83. The number of halogens is 1. The average molecular weight is 511 g/mol. The van der Waals surface area contributed by atoms with E-state index in [0.717, 1.165) is 39.0 Å². The smallest absolute Gasteiger partial charge is 0.251 e. The summed E-state index contributed by atoms with van der Waals surface area (Å²) in [5.74, 6) is 0.649. The van der Waals surface area contributed by atoms with Crippen molar-refractivity contribution in [3.63, 3.8) is 0 Å². The lowest BCUT2D eigenvalue weighted by atomic mass is 10.1. The van der Waals surface area contributed by atoms with E-state index in [1.165, 1.54) is 0 Å². The second-order valence-corrected chi connectivity index (χ2v) is 9.11. The van der Waals surface area contributed by atoms with Gasteiger partial charge in [-0.1, -0.05) is 60.6 Å². The quantitative estimate of drug-likeness (QED) is 0.360. The lowest BCUT2D eigenvalue weighted by Crippen LogP contribution is -2.27. The van der Waals surface area contributed by atoms with E-state index in [9.17, 15) is 4.79 Å². The Balaban J connectivity index is 0.00000108. The van der Waals surface area contributed by atoms with E-state index in [0.29, 0.717) is 36.9 Å². The molecule has 0 unspecified atom stereocenters. The molecule has 1 aliphatic rings. The van der Waals surface area contributed by atoms with Crippen LogP contribution >= 0.6 is 23.4 Å². The Bertz CT molecular complexity index is 1150. The van der Waals surface area contributed by atoms with Crippen molar-refractivity contribution in [3.05, 3.63) is 88.4 Å². The Kier molecular flexibility index (Phi) is 10.6. The number of nitrogens with zero attached hydrogens (tertiary/aromatic N) is 1. The lowest BCUT2D eigenvalue weighted by Gasteiger charge is -2.12. The van der Waals surface area contributed by atoms with Crippen molar-refractivity contribution in [1.29, 1.82) is 0 Å². The molecule has 35 heavy (non-hydrogen) atoms. The van der Waals surface area contributed by atoms with Crippen LogP contribution < -0.4 is 16.4 Å². The maximum absolute atomic E-state index is 12.6. The number of amidine groups is 1. The number of aliphatic imine (C=N–C) groups is 1. The maximum Gasteiger partial charge on any atom is 0.251 e. The van der Waals surface area contributed by atoms with E-state index < -0.39 is 0 Å². The lowest BCUT2D eigenvalue weighted by molar-refractivity contribution is 0.0922. The number of amides is 1. The van der Waals surface area contributed by atoms with Crippen molar-refractivity contribution < 1.29 is 9.53 Å². The Morgan fingerprint density at radius 1 is 1.09 bits per heavy atom.